The molecule has 10 heteroatoms. The average Bonchev–Trinajstić information content (AvgIpc) is 3.25. The normalized spacial score (nSPS) is 13.6. The summed E-state index contributed by atoms with van der Waals surface area (Å²) in [5.74, 6) is 1.43. The number of hydrogen-bond acceptors (Lipinski definition) is 6. The van der Waals surface area contributed by atoms with Crippen molar-refractivity contribution in [2.45, 2.75) is 19.9 Å². The molecule has 0 atom stereocenters. The van der Waals surface area contributed by atoms with Crippen molar-refractivity contribution in [1.29, 1.82) is 0 Å². The third-order valence-electron chi connectivity index (χ3n) is 7.03. The molecule has 0 spiro atoms. The first-order chi connectivity index (χ1) is 17.6. The molecule has 3 heterocycles. The number of aromatic nitrogens is 3. The summed E-state index contributed by atoms with van der Waals surface area (Å²) in [4.78, 5) is 9.09. The molecule has 0 saturated carbocycles. The quantitative estimate of drug-likeness (QED) is 0.269. The van der Waals surface area contributed by atoms with Crippen LogP contribution in [0.2, 0.25) is 5.02 Å². The number of hydrogen-bond donors (Lipinski definition) is 0. The zero-order valence-electron chi connectivity index (χ0n) is 21.9. The Labute approximate surface area is 241 Å². The molecule has 1 fully saturated rings. The molecular formula is C28H34Cl3N5O2. The van der Waals surface area contributed by atoms with Gasteiger partial charge in [-0.1, -0.05) is 17.7 Å². The summed E-state index contributed by atoms with van der Waals surface area (Å²) in [6, 6.07) is 14.3. The van der Waals surface area contributed by atoms with Gasteiger partial charge in [-0.15, -0.1) is 24.8 Å². The van der Waals surface area contributed by atoms with Crippen molar-refractivity contribution in [3.8, 4) is 11.5 Å². The van der Waals surface area contributed by atoms with Crippen molar-refractivity contribution in [2.24, 2.45) is 0 Å². The Morgan fingerprint density at radius 1 is 0.921 bits per heavy atom. The van der Waals surface area contributed by atoms with E-state index in [9.17, 15) is 0 Å². The number of nitrogens with zero attached hydrogens (tertiary/aromatic N) is 5. The van der Waals surface area contributed by atoms with Gasteiger partial charge in [-0.3, -0.25) is 14.6 Å². The van der Waals surface area contributed by atoms with E-state index in [1.807, 2.05) is 42.7 Å². The van der Waals surface area contributed by atoms with E-state index in [4.69, 9.17) is 26.2 Å². The fourth-order valence-corrected chi connectivity index (χ4v) is 5.12. The SMILES string of the molecule is COc1cc2c(CCN3CCN(c4cccc(Cl)c4C)CC3)nn(Cc3ccncc3)c2cc1OC.Cl.Cl. The van der Waals surface area contributed by atoms with E-state index in [1.54, 1.807) is 14.2 Å². The molecule has 2 aromatic heterocycles. The molecule has 204 valence electrons. The van der Waals surface area contributed by atoms with Crippen molar-refractivity contribution >= 4 is 53.0 Å². The van der Waals surface area contributed by atoms with Crippen LogP contribution in [0.3, 0.4) is 0 Å². The Morgan fingerprint density at radius 3 is 2.29 bits per heavy atom. The summed E-state index contributed by atoms with van der Waals surface area (Å²) in [7, 11) is 3.34. The average molecular weight is 579 g/mol. The zero-order chi connectivity index (χ0) is 25.1. The summed E-state index contributed by atoms with van der Waals surface area (Å²) in [6.45, 7) is 7.73. The second-order valence-corrected chi connectivity index (χ2v) is 9.55. The minimum Gasteiger partial charge on any atom is -0.493 e. The number of piperazine rings is 1. The lowest BCUT2D eigenvalue weighted by Gasteiger charge is -2.36. The number of benzene rings is 2. The van der Waals surface area contributed by atoms with Crippen LogP contribution in [0.15, 0.2) is 54.9 Å². The van der Waals surface area contributed by atoms with Crippen LogP contribution in [0, 0.1) is 6.92 Å². The summed E-state index contributed by atoms with van der Waals surface area (Å²) in [6.07, 6.45) is 4.50. The molecule has 0 radical (unpaired) electrons. The summed E-state index contributed by atoms with van der Waals surface area (Å²) in [5, 5.41) is 6.97. The van der Waals surface area contributed by atoms with Gasteiger partial charge in [0.05, 0.1) is 32.0 Å². The molecular weight excluding hydrogens is 545 g/mol. The Kier molecular flexibility index (Phi) is 10.5. The number of halogens is 3. The number of anilines is 1. The third-order valence-corrected chi connectivity index (χ3v) is 7.44. The largest absolute Gasteiger partial charge is 0.493 e. The van der Waals surface area contributed by atoms with Crippen LogP contribution >= 0.6 is 36.4 Å². The minimum absolute atomic E-state index is 0. The predicted octanol–water partition coefficient (Wildman–Crippen LogP) is 5.67. The Hall–Kier alpha value is -2.71. The molecule has 0 N–H and O–H groups in total. The van der Waals surface area contributed by atoms with Gasteiger partial charge in [0.15, 0.2) is 11.5 Å². The minimum atomic E-state index is 0. The fraction of sp³-hybridized carbons (Fsp3) is 0.357. The Bertz CT molecular complexity index is 1340. The predicted molar refractivity (Wildman–Crippen MR) is 159 cm³/mol. The monoisotopic (exact) mass is 577 g/mol. The maximum atomic E-state index is 6.35. The topological polar surface area (TPSA) is 55.7 Å². The van der Waals surface area contributed by atoms with E-state index >= 15 is 0 Å². The first-order valence-electron chi connectivity index (χ1n) is 12.3. The van der Waals surface area contributed by atoms with Crippen molar-refractivity contribution in [3.05, 3.63) is 76.7 Å². The molecule has 0 amide bonds. The number of rotatable bonds is 8. The van der Waals surface area contributed by atoms with Crippen LogP contribution in [0.5, 0.6) is 11.5 Å². The summed E-state index contributed by atoms with van der Waals surface area (Å²) in [5.41, 5.74) is 5.67. The van der Waals surface area contributed by atoms with Crippen LogP contribution in [0.4, 0.5) is 5.69 Å². The van der Waals surface area contributed by atoms with Gasteiger partial charge in [0, 0.05) is 73.7 Å². The van der Waals surface area contributed by atoms with Gasteiger partial charge in [-0.2, -0.15) is 5.10 Å². The van der Waals surface area contributed by atoms with Crippen molar-refractivity contribution in [3.63, 3.8) is 0 Å². The van der Waals surface area contributed by atoms with Gasteiger partial charge >= 0.3 is 0 Å². The fourth-order valence-electron chi connectivity index (χ4n) is 4.95. The Morgan fingerprint density at radius 2 is 1.61 bits per heavy atom. The second kappa shape index (κ2) is 13.4. The molecule has 38 heavy (non-hydrogen) atoms. The standard InChI is InChI=1S/C28H32ClN5O2.2ClH/c1-20-23(29)5-4-6-25(20)33-15-13-32(14-16-33)12-9-24-22-17-27(35-2)28(36-3)18-26(22)34(31-24)19-21-7-10-30-11-8-21;;/h4-8,10-11,17-18H,9,12-16,19H2,1-3H3;2*1H. The van der Waals surface area contributed by atoms with Gasteiger partial charge < -0.3 is 14.4 Å². The van der Waals surface area contributed by atoms with Gasteiger partial charge in [0.1, 0.15) is 0 Å². The van der Waals surface area contributed by atoms with Crippen LogP contribution < -0.4 is 14.4 Å². The highest BCUT2D eigenvalue weighted by Crippen LogP contribution is 2.34. The number of ether oxygens (including phenoxy) is 2. The van der Waals surface area contributed by atoms with E-state index in [1.165, 1.54) is 5.69 Å². The highest BCUT2D eigenvalue weighted by molar-refractivity contribution is 6.31. The lowest BCUT2D eigenvalue weighted by molar-refractivity contribution is 0.260. The summed E-state index contributed by atoms with van der Waals surface area (Å²) >= 11 is 6.35. The third kappa shape index (κ3) is 6.29. The number of methoxy groups -OCH3 is 2. The maximum absolute atomic E-state index is 6.35. The van der Waals surface area contributed by atoms with E-state index in [0.717, 1.165) is 77.6 Å². The molecule has 0 bridgehead atoms. The van der Waals surface area contributed by atoms with Gasteiger partial charge in [-0.05, 0) is 48.4 Å². The molecule has 1 aliphatic heterocycles. The molecule has 1 saturated heterocycles. The van der Waals surface area contributed by atoms with Crippen LogP contribution in [0.1, 0.15) is 16.8 Å². The van der Waals surface area contributed by atoms with E-state index in [2.05, 4.69) is 38.5 Å². The highest BCUT2D eigenvalue weighted by atomic mass is 35.5. The molecule has 7 nitrogen and oxygen atoms in total. The van der Waals surface area contributed by atoms with E-state index in [-0.39, 0.29) is 24.8 Å². The van der Waals surface area contributed by atoms with E-state index < -0.39 is 0 Å². The molecule has 4 aromatic rings. The number of fused-ring (bicyclic) bond motifs is 1. The Balaban J connectivity index is 0.00000200. The van der Waals surface area contributed by atoms with Crippen molar-refractivity contribution < 1.29 is 9.47 Å². The van der Waals surface area contributed by atoms with Gasteiger partial charge in [-0.25, -0.2) is 0 Å². The first kappa shape index (κ1) is 29.8. The first-order valence-corrected chi connectivity index (χ1v) is 12.7. The molecule has 0 aliphatic carbocycles. The van der Waals surface area contributed by atoms with Gasteiger partial charge in [0.25, 0.3) is 0 Å². The molecule has 0 unspecified atom stereocenters. The van der Waals surface area contributed by atoms with Crippen LogP contribution in [-0.2, 0) is 13.0 Å². The number of pyridine rings is 1. The van der Waals surface area contributed by atoms with E-state index in [0.29, 0.717) is 12.3 Å². The summed E-state index contributed by atoms with van der Waals surface area (Å²) < 4.78 is 13.2. The van der Waals surface area contributed by atoms with Gasteiger partial charge in [0.2, 0.25) is 0 Å². The highest BCUT2D eigenvalue weighted by Gasteiger charge is 2.21. The van der Waals surface area contributed by atoms with Crippen LogP contribution in [0.25, 0.3) is 10.9 Å². The molecule has 2 aromatic carbocycles. The lowest BCUT2D eigenvalue weighted by Crippen LogP contribution is -2.47. The lowest BCUT2D eigenvalue weighted by atomic mass is 10.1. The maximum Gasteiger partial charge on any atom is 0.162 e. The van der Waals surface area contributed by atoms with Crippen molar-refractivity contribution in [1.82, 2.24) is 19.7 Å². The smallest absolute Gasteiger partial charge is 0.162 e. The van der Waals surface area contributed by atoms with Crippen molar-refractivity contribution in [2.75, 3.05) is 51.8 Å². The molecule has 5 rings (SSSR count). The molecule has 1 aliphatic rings. The second-order valence-electron chi connectivity index (χ2n) is 9.15. The van der Waals surface area contributed by atoms with Crippen LogP contribution in [-0.4, -0.2) is 66.6 Å². The zero-order valence-corrected chi connectivity index (χ0v) is 24.3.